The van der Waals surface area contributed by atoms with Crippen LogP contribution < -0.4 is 14.4 Å². The average molecular weight is 444 g/mol. The van der Waals surface area contributed by atoms with Gasteiger partial charge < -0.3 is 14.4 Å². The maximum Gasteiger partial charge on any atom is 0.243 e. The molecular formula is C22H25N3O5S. The van der Waals surface area contributed by atoms with Crippen LogP contribution in [-0.2, 0) is 27.8 Å². The average Bonchev–Trinajstić information content (AvgIpc) is 3.40. The van der Waals surface area contributed by atoms with Gasteiger partial charge in [0.05, 0.1) is 4.90 Å². The SMILES string of the molecule is CC(=O)N1CCc2cc(S(=O)(=O)N3CCN(Cc4ccc5c(c4)OCO5)CC3)ccc21. The Labute approximate surface area is 182 Å². The van der Waals surface area contributed by atoms with Gasteiger partial charge in [-0.25, -0.2) is 8.42 Å². The number of anilines is 1. The molecule has 1 saturated heterocycles. The summed E-state index contributed by atoms with van der Waals surface area (Å²) in [7, 11) is -3.56. The van der Waals surface area contributed by atoms with Crippen LogP contribution in [0.2, 0.25) is 0 Å². The molecule has 2 aromatic carbocycles. The van der Waals surface area contributed by atoms with Crippen molar-refractivity contribution < 1.29 is 22.7 Å². The van der Waals surface area contributed by atoms with Crippen LogP contribution in [0.3, 0.4) is 0 Å². The molecule has 1 fully saturated rings. The van der Waals surface area contributed by atoms with E-state index >= 15 is 0 Å². The zero-order valence-electron chi connectivity index (χ0n) is 17.4. The number of ether oxygens (including phenoxy) is 2. The lowest BCUT2D eigenvalue weighted by Crippen LogP contribution is -2.48. The van der Waals surface area contributed by atoms with Crippen LogP contribution in [0.1, 0.15) is 18.1 Å². The summed E-state index contributed by atoms with van der Waals surface area (Å²) < 4.78 is 38.7. The molecule has 5 rings (SSSR count). The van der Waals surface area contributed by atoms with E-state index in [2.05, 4.69) is 4.90 Å². The van der Waals surface area contributed by atoms with Crippen LogP contribution in [0.25, 0.3) is 0 Å². The van der Waals surface area contributed by atoms with E-state index in [0.29, 0.717) is 44.0 Å². The monoisotopic (exact) mass is 443 g/mol. The van der Waals surface area contributed by atoms with E-state index in [-0.39, 0.29) is 12.7 Å². The van der Waals surface area contributed by atoms with E-state index in [1.807, 2.05) is 18.2 Å². The van der Waals surface area contributed by atoms with Gasteiger partial charge in [-0.1, -0.05) is 6.07 Å². The van der Waals surface area contributed by atoms with Crippen LogP contribution in [0.4, 0.5) is 5.69 Å². The maximum absolute atomic E-state index is 13.2. The second-order valence-corrected chi connectivity index (χ2v) is 10.0. The van der Waals surface area contributed by atoms with Crippen molar-refractivity contribution in [1.82, 2.24) is 9.21 Å². The van der Waals surface area contributed by atoms with Gasteiger partial charge in [0.1, 0.15) is 0 Å². The Morgan fingerprint density at radius 2 is 1.74 bits per heavy atom. The van der Waals surface area contributed by atoms with Gasteiger partial charge in [0.15, 0.2) is 11.5 Å². The second-order valence-electron chi connectivity index (χ2n) is 8.08. The normalized spacial score (nSPS) is 18.9. The lowest BCUT2D eigenvalue weighted by Gasteiger charge is -2.34. The van der Waals surface area contributed by atoms with Gasteiger partial charge in [0.2, 0.25) is 22.7 Å². The Bertz CT molecular complexity index is 1130. The minimum absolute atomic E-state index is 0.0204. The molecule has 0 unspecified atom stereocenters. The molecule has 0 aliphatic carbocycles. The summed E-state index contributed by atoms with van der Waals surface area (Å²) >= 11 is 0. The van der Waals surface area contributed by atoms with Gasteiger partial charge in [-0.3, -0.25) is 9.69 Å². The molecule has 0 N–H and O–H groups in total. The van der Waals surface area contributed by atoms with Crippen LogP contribution in [-0.4, -0.2) is 63.0 Å². The predicted molar refractivity (Wildman–Crippen MR) is 115 cm³/mol. The minimum atomic E-state index is -3.56. The van der Waals surface area contributed by atoms with E-state index in [1.54, 1.807) is 27.4 Å². The molecule has 9 heteroatoms. The van der Waals surface area contributed by atoms with Crippen molar-refractivity contribution >= 4 is 21.6 Å². The fourth-order valence-electron chi connectivity index (χ4n) is 4.44. The van der Waals surface area contributed by atoms with E-state index in [1.165, 1.54) is 6.92 Å². The number of amides is 1. The second kappa shape index (κ2) is 7.81. The number of rotatable bonds is 4. The zero-order chi connectivity index (χ0) is 21.6. The summed E-state index contributed by atoms with van der Waals surface area (Å²) in [6.07, 6.45) is 0.682. The number of nitrogens with zero attached hydrogens (tertiary/aromatic N) is 3. The van der Waals surface area contributed by atoms with Crippen molar-refractivity contribution in [2.75, 3.05) is 44.4 Å². The van der Waals surface area contributed by atoms with Gasteiger partial charge in [-0.15, -0.1) is 0 Å². The molecule has 164 valence electrons. The number of fused-ring (bicyclic) bond motifs is 2. The summed E-state index contributed by atoms with van der Waals surface area (Å²) in [4.78, 5) is 16.0. The highest BCUT2D eigenvalue weighted by molar-refractivity contribution is 7.89. The highest BCUT2D eigenvalue weighted by Gasteiger charge is 2.31. The fourth-order valence-corrected chi connectivity index (χ4v) is 5.91. The quantitative estimate of drug-likeness (QED) is 0.718. The first-order valence-corrected chi connectivity index (χ1v) is 11.9. The first kappa shape index (κ1) is 20.3. The number of piperazine rings is 1. The van der Waals surface area contributed by atoms with Gasteiger partial charge in [-0.05, 0) is 47.9 Å². The third-order valence-corrected chi connectivity index (χ3v) is 8.03. The summed E-state index contributed by atoms with van der Waals surface area (Å²) in [5, 5.41) is 0. The smallest absolute Gasteiger partial charge is 0.243 e. The molecule has 8 nitrogen and oxygen atoms in total. The Hall–Kier alpha value is -2.62. The molecule has 0 atom stereocenters. The fraction of sp³-hybridized carbons (Fsp3) is 0.409. The standard InChI is InChI=1S/C22H25N3O5S/c1-16(26)25-7-6-18-13-19(3-4-20(18)25)31(27,28)24-10-8-23(9-11-24)14-17-2-5-21-22(12-17)30-15-29-21/h2-5,12-13H,6-11,14-15H2,1H3. The topological polar surface area (TPSA) is 79.4 Å². The van der Waals surface area contributed by atoms with Crippen molar-refractivity contribution in [2.45, 2.75) is 24.8 Å². The number of carbonyl (C=O) groups excluding carboxylic acids is 1. The highest BCUT2D eigenvalue weighted by atomic mass is 32.2. The third-order valence-electron chi connectivity index (χ3n) is 6.14. The maximum atomic E-state index is 13.2. The highest BCUT2D eigenvalue weighted by Crippen LogP contribution is 2.33. The summed E-state index contributed by atoms with van der Waals surface area (Å²) in [5.74, 6) is 1.51. The number of sulfonamides is 1. The minimum Gasteiger partial charge on any atom is -0.454 e. The van der Waals surface area contributed by atoms with Gasteiger partial charge in [0.25, 0.3) is 0 Å². The van der Waals surface area contributed by atoms with Crippen molar-refractivity contribution in [2.24, 2.45) is 0 Å². The first-order valence-electron chi connectivity index (χ1n) is 10.4. The Morgan fingerprint density at radius 3 is 2.52 bits per heavy atom. The third kappa shape index (κ3) is 3.77. The number of carbonyl (C=O) groups is 1. The number of hydrogen-bond acceptors (Lipinski definition) is 6. The molecule has 0 aromatic heterocycles. The van der Waals surface area contributed by atoms with Crippen LogP contribution in [0.15, 0.2) is 41.3 Å². The van der Waals surface area contributed by atoms with Gasteiger partial charge in [0, 0.05) is 51.9 Å². The summed E-state index contributed by atoms with van der Waals surface area (Å²) in [6.45, 7) is 5.35. The summed E-state index contributed by atoms with van der Waals surface area (Å²) in [6, 6.07) is 11.0. The molecule has 1 amide bonds. The van der Waals surface area contributed by atoms with Crippen LogP contribution in [0.5, 0.6) is 11.5 Å². The Morgan fingerprint density at radius 1 is 0.968 bits per heavy atom. The van der Waals surface area contributed by atoms with E-state index in [9.17, 15) is 13.2 Å². The number of hydrogen-bond donors (Lipinski definition) is 0. The molecule has 31 heavy (non-hydrogen) atoms. The van der Waals surface area contributed by atoms with Crippen LogP contribution in [0, 0.1) is 0 Å². The van der Waals surface area contributed by atoms with E-state index in [0.717, 1.165) is 34.9 Å². The van der Waals surface area contributed by atoms with Crippen molar-refractivity contribution in [3.05, 3.63) is 47.5 Å². The zero-order valence-corrected chi connectivity index (χ0v) is 18.2. The molecule has 0 spiro atoms. The molecule has 3 aliphatic rings. The molecule has 2 aromatic rings. The number of benzene rings is 2. The van der Waals surface area contributed by atoms with Gasteiger partial charge >= 0.3 is 0 Å². The molecule has 3 heterocycles. The van der Waals surface area contributed by atoms with Crippen LogP contribution >= 0.6 is 0 Å². The lowest BCUT2D eigenvalue weighted by molar-refractivity contribution is -0.116. The molecular weight excluding hydrogens is 418 g/mol. The van der Waals surface area contributed by atoms with Crippen molar-refractivity contribution in [3.63, 3.8) is 0 Å². The van der Waals surface area contributed by atoms with E-state index in [4.69, 9.17) is 9.47 Å². The Kier molecular flexibility index (Phi) is 5.11. The molecule has 0 saturated carbocycles. The van der Waals surface area contributed by atoms with Crippen molar-refractivity contribution in [1.29, 1.82) is 0 Å². The first-order chi connectivity index (χ1) is 14.9. The summed E-state index contributed by atoms with van der Waals surface area (Å²) in [5.41, 5.74) is 2.85. The molecule has 0 radical (unpaired) electrons. The molecule has 3 aliphatic heterocycles. The van der Waals surface area contributed by atoms with Crippen molar-refractivity contribution in [3.8, 4) is 11.5 Å². The predicted octanol–water partition coefficient (Wildman–Crippen LogP) is 1.83. The largest absolute Gasteiger partial charge is 0.454 e. The Balaban J connectivity index is 1.24. The van der Waals surface area contributed by atoms with E-state index < -0.39 is 10.0 Å². The lowest BCUT2D eigenvalue weighted by atomic mass is 10.2. The molecule has 0 bridgehead atoms. The van der Waals surface area contributed by atoms with Gasteiger partial charge in [-0.2, -0.15) is 4.31 Å².